The summed E-state index contributed by atoms with van der Waals surface area (Å²) in [6.45, 7) is 0. The molecule has 3 amide bonds. The number of hydrogen-bond acceptors (Lipinski definition) is 5. The zero-order valence-corrected chi connectivity index (χ0v) is 15.2. The van der Waals surface area contributed by atoms with Gasteiger partial charge in [0.25, 0.3) is 5.91 Å². The van der Waals surface area contributed by atoms with Gasteiger partial charge in [-0.05, 0) is 48.5 Å². The van der Waals surface area contributed by atoms with Crippen molar-refractivity contribution in [2.75, 3.05) is 21.2 Å². The predicted molar refractivity (Wildman–Crippen MR) is 101 cm³/mol. The third-order valence-electron chi connectivity index (χ3n) is 3.89. The summed E-state index contributed by atoms with van der Waals surface area (Å²) < 4.78 is 24.7. The number of nitrogens with one attached hydrogen (secondary N) is 2. The maximum Gasteiger partial charge on any atom is 0.255 e. The minimum atomic E-state index is -3.36. The van der Waals surface area contributed by atoms with E-state index in [0.717, 1.165) is 11.2 Å². The molecule has 3 rings (SSSR count). The summed E-state index contributed by atoms with van der Waals surface area (Å²) in [6.07, 6.45) is 1.45. The Labute approximate surface area is 156 Å². The van der Waals surface area contributed by atoms with Gasteiger partial charge in [0.15, 0.2) is 0 Å². The van der Waals surface area contributed by atoms with E-state index in [1.165, 1.54) is 24.3 Å². The van der Waals surface area contributed by atoms with Crippen molar-refractivity contribution >= 4 is 44.8 Å². The molecule has 0 radical (unpaired) electrons. The molecule has 0 saturated carbocycles. The first-order valence-electron chi connectivity index (χ1n) is 8.08. The number of anilines is 3. The first kappa shape index (κ1) is 18.6. The summed E-state index contributed by atoms with van der Waals surface area (Å²) in [6, 6.07) is 12.4. The molecule has 2 N–H and O–H groups in total. The van der Waals surface area contributed by atoms with Gasteiger partial charge in [0.2, 0.25) is 21.8 Å². The molecule has 2 aromatic rings. The van der Waals surface area contributed by atoms with Crippen molar-refractivity contribution in [2.45, 2.75) is 12.8 Å². The van der Waals surface area contributed by atoms with E-state index in [0.29, 0.717) is 22.6 Å². The van der Waals surface area contributed by atoms with Crippen LogP contribution in [0.5, 0.6) is 0 Å². The van der Waals surface area contributed by atoms with Gasteiger partial charge in [-0.1, -0.05) is 0 Å². The number of benzene rings is 2. The van der Waals surface area contributed by atoms with Crippen molar-refractivity contribution in [3.63, 3.8) is 0 Å². The van der Waals surface area contributed by atoms with E-state index in [2.05, 4.69) is 10.0 Å². The Morgan fingerprint density at radius 2 is 1.41 bits per heavy atom. The van der Waals surface area contributed by atoms with Gasteiger partial charge in [-0.15, -0.1) is 0 Å². The van der Waals surface area contributed by atoms with Gasteiger partial charge in [0.05, 0.1) is 11.9 Å². The van der Waals surface area contributed by atoms with Gasteiger partial charge in [-0.25, -0.2) is 8.42 Å². The maximum absolute atomic E-state index is 12.3. The first-order chi connectivity index (χ1) is 12.7. The summed E-state index contributed by atoms with van der Waals surface area (Å²) in [5.41, 5.74) is 1.68. The normalized spacial score (nSPS) is 14.3. The number of sulfonamides is 1. The average Bonchev–Trinajstić information content (AvgIpc) is 2.94. The predicted octanol–water partition coefficient (Wildman–Crippen LogP) is 1.96. The van der Waals surface area contributed by atoms with Crippen LogP contribution in [0.4, 0.5) is 17.1 Å². The van der Waals surface area contributed by atoms with Gasteiger partial charge < -0.3 is 5.32 Å². The topological polar surface area (TPSA) is 113 Å². The number of nitrogens with zero attached hydrogens (tertiary/aromatic N) is 1. The van der Waals surface area contributed by atoms with E-state index in [1.807, 2.05) is 0 Å². The molecule has 1 saturated heterocycles. The van der Waals surface area contributed by atoms with Crippen LogP contribution >= 0.6 is 0 Å². The van der Waals surface area contributed by atoms with E-state index in [9.17, 15) is 22.8 Å². The highest BCUT2D eigenvalue weighted by Crippen LogP contribution is 2.23. The molecule has 1 aliphatic rings. The number of imide groups is 1. The molecule has 0 atom stereocenters. The molecule has 8 nitrogen and oxygen atoms in total. The number of amides is 3. The molecule has 0 spiro atoms. The van der Waals surface area contributed by atoms with Gasteiger partial charge >= 0.3 is 0 Å². The fourth-order valence-electron chi connectivity index (χ4n) is 2.67. The molecule has 1 aliphatic heterocycles. The summed E-state index contributed by atoms with van der Waals surface area (Å²) in [4.78, 5) is 36.9. The Bertz CT molecular complexity index is 982. The monoisotopic (exact) mass is 387 g/mol. The average molecular weight is 387 g/mol. The number of hydrogen-bond donors (Lipinski definition) is 2. The molecular weight excluding hydrogens is 370 g/mol. The first-order valence-corrected chi connectivity index (χ1v) is 9.97. The Hall–Kier alpha value is -3.20. The number of carbonyl (C=O) groups excluding carboxylic acids is 3. The molecule has 0 unspecified atom stereocenters. The Morgan fingerprint density at radius 3 is 1.93 bits per heavy atom. The van der Waals surface area contributed by atoms with E-state index in [1.54, 1.807) is 24.3 Å². The smallest absolute Gasteiger partial charge is 0.255 e. The van der Waals surface area contributed by atoms with Gasteiger partial charge in [0, 0.05) is 29.8 Å². The van der Waals surface area contributed by atoms with Crippen LogP contribution < -0.4 is 14.9 Å². The second kappa shape index (κ2) is 7.20. The fourth-order valence-corrected chi connectivity index (χ4v) is 3.23. The number of carbonyl (C=O) groups is 3. The van der Waals surface area contributed by atoms with Crippen LogP contribution in [0.25, 0.3) is 0 Å². The SMILES string of the molecule is CS(=O)(=O)Nc1ccc(NC(=O)c2ccc(N3C(=O)CCC3=O)cc2)cc1. The molecule has 1 heterocycles. The summed E-state index contributed by atoms with van der Waals surface area (Å²) in [5, 5.41) is 2.69. The van der Waals surface area contributed by atoms with Crippen molar-refractivity contribution in [1.82, 2.24) is 0 Å². The van der Waals surface area contributed by atoms with Gasteiger partial charge in [-0.2, -0.15) is 0 Å². The van der Waals surface area contributed by atoms with Crippen molar-refractivity contribution in [3.8, 4) is 0 Å². The Morgan fingerprint density at radius 1 is 0.889 bits per heavy atom. The second-order valence-electron chi connectivity index (χ2n) is 6.08. The molecule has 0 aromatic heterocycles. The maximum atomic E-state index is 12.3. The second-order valence-corrected chi connectivity index (χ2v) is 7.82. The third kappa shape index (κ3) is 4.50. The zero-order valence-electron chi connectivity index (χ0n) is 14.4. The molecule has 0 aliphatic carbocycles. The third-order valence-corrected chi connectivity index (χ3v) is 4.49. The standard InChI is InChI=1S/C18H17N3O5S/c1-27(25,26)20-14-6-4-13(5-7-14)19-18(24)12-2-8-15(9-3-12)21-16(22)10-11-17(21)23/h2-9,20H,10-11H2,1H3,(H,19,24). The molecule has 1 fully saturated rings. The van der Waals surface area contributed by atoms with Crippen LogP contribution in [0.2, 0.25) is 0 Å². The number of rotatable bonds is 5. The van der Waals surface area contributed by atoms with Crippen molar-refractivity contribution in [3.05, 3.63) is 54.1 Å². The molecule has 140 valence electrons. The molecule has 9 heteroatoms. The lowest BCUT2D eigenvalue weighted by Crippen LogP contribution is -2.28. The van der Waals surface area contributed by atoms with E-state index in [4.69, 9.17) is 0 Å². The molecule has 2 aromatic carbocycles. The molecular formula is C18H17N3O5S. The minimum Gasteiger partial charge on any atom is -0.322 e. The lowest BCUT2D eigenvalue weighted by atomic mass is 10.1. The highest BCUT2D eigenvalue weighted by Gasteiger charge is 2.30. The van der Waals surface area contributed by atoms with E-state index >= 15 is 0 Å². The van der Waals surface area contributed by atoms with E-state index in [-0.39, 0.29) is 30.6 Å². The summed E-state index contributed by atoms with van der Waals surface area (Å²) in [5.74, 6) is -0.871. The van der Waals surface area contributed by atoms with E-state index < -0.39 is 10.0 Å². The van der Waals surface area contributed by atoms with Crippen LogP contribution in [-0.2, 0) is 19.6 Å². The van der Waals surface area contributed by atoms with Crippen molar-refractivity contribution in [1.29, 1.82) is 0 Å². The van der Waals surface area contributed by atoms with Crippen molar-refractivity contribution < 1.29 is 22.8 Å². The minimum absolute atomic E-state index is 0.200. The lowest BCUT2D eigenvalue weighted by molar-refractivity contribution is -0.121. The van der Waals surface area contributed by atoms with Gasteiger partial charge in [0.1, 0.15) is 0 Å². The lowest BCUT2D eigenvalue weighted by Gasteiger charge is -2.14. The summed E-state index contributed by atoms with van der Waals surface area (Å²) in [7, 11) is -3.36. The van der Waals surface area contributed by atoms with Crippen LogP contribution in [0, 0.1) is 0 Å². The Kier molecular flexibility index (Phi) is 4.95. The van der Waals surface area contributed by atoms with Gasteiger partial charge in [-0.3, -0.25) is 24.0 Å². The molecule has 0 bridgehead atoms. The highest BCUT2D eigenvalue weighted by molar-refractivity contribution is 7.92. The van der Waals surface area contributed by atoms with Crippen LogP contribution in [0.15, 0.2) is 48.5 Å². The van der Waals surface area contributed by atoms with Crippen molar-refractivity contribution in [2.24, 2.45) is 0 Å². The van der Waals surface area contributed by atoms with Crippen LogP contribution in [-0.4, -0.2) is 32.4 Å². The quantitative estimate of drug-likeness (QED) is 0.762. The fraction of sp³-hybridized carbons (Fsp3) is 0.167. The van der Waals surface area contributed by atoms with Crippen LogP contribution in [0.1, 0.15) is 23.2 Å². The largest absolute Gasteiger partial charge is 0.322 e. The molecule has 27 heavy (non-hydrogen) atoms. The Balaban J connectivity index is 1.68. The van der Waals surface area contributed by atoms with Crippen LogP contribution in [0.3, 0.4) is 0 Å². The zero-order chi connectivity index (χ0) is 19.6. The highest BCUT2D eigenvalue weighted by atomic mass is 32.2. The summed E-state index contributed by atoms with van der Waals surface area (Å²) >= 11 is 0.